The largest absolute Gasteiger partial charge is 0.370 e. The molecule has 7 heteroatoms. The van der Waals surface area contributed by atoms with Crippen molar-refractivity contribution in [2.75, 3.05) is 26.7 Å². The van der Waals surface area contributed by atoms with Crippen LogP contribution < -0.4 is 5.73 Å². The predicted octanol–water partition coefficient (Wildman–Crippen LogP) is -1.65. The zero-order chi connectivity index (χ0) is 10.1. The lowest BCUT2D eigenvalue weighted by Gasteiger charge is -2.14. The second-order valence-corrected chi connectivity index (χ2v) is 4.98. The van der Waals surface area contributed by atoms with Gasteiger partial charge in [0.15, 0.2) is 0 Å². The van der Waals surface area contributed by atoms with Crippen molar-refractivity contribution in [3.8, 4) is 0 Å². The van der Waals surface area contributed by atoms with Crippen LogP contribution in [-0.4, -0.2) is 49.6 Å². The molecule has 1 saturated heterocycles. The van der Waals surface area contributed by atoms with Gasteiger partial charge in [0.05, 0.1) is 0 Å². The number of nitrogens with two attached hydrogens (primary N) is 1. The molecule has 0 saturated carbocycles. The van der Waals surface area contributed by atoms with E-state index in [0.717, 1.165) is 0 Å². The first kappa shape index (κ1) is 10.4. The molecule has 13 heavy (non-hydrogen) atoms. The molecular weight excluding hydrogens is 194 g/mol. The summed E-state index contributed by atoms with van der Waals surface area (Å²) < 4.78 is 25.3. The summed E-state index contributed by atoms with van der Waals surface area (Å²) in [4.78, 5) is 10.4. The van der Waals surface area contributed by atoms with E-state index in [9.17, 15) is 13.2 Å². The van der Waals surface area contributed by atoms with E-state index >= 15 is 0 Å². The van der Waals surface area contributed by atoms with Gasteiger partial charge in [-0.1, -0.05) is 0 Å². The Kier molecular flexibility index (Phi) is 2.89. The molecule has 2 N–H and O–H groups in total. The van der Waals surface area contributed by atoms with Crippen molar-refractivity contribution < 1.29 is 13.2 Å². The summed E-state index contributed by atoms with van der Waals surface area (Å²) in [6.07, 6.45) is 0.0765. The highest BCUT2D eigenvalue weighted by atomic mass is 32.2. The lowest BCUT2D eigenvalue weighted by atomic mass is 10.4. The van der Waals surface area contributed by atoms with Crippen LogP contribution in [-0.2, 0) is 15.0 Å². The Morgan fingerprint density at radius 1 is 1.46 bits per heavy atom. The molecule has 1 aliphatic rings. The highest BCUT2D eigenvalue weighted by Gasteiger charge is 2.33. The lowest BCUT2D eigenvalue weighted by molar-refractivity contribution is -0.118. The average Bonchev–Trinajstić information content (AvgIpc) is 2.25. The van der Waals surface area contributed by atoms with Gasteiger partial charge in [0, 0.05) is 33.1 Å². The molecule has 0 spiro atoms. The van der Waals surface area contributed by atoms with E-state index in [1.807, 2.05) is 0 Å². The zero-order valence-electron chi connectivity index (χ0n) is 7.43. The molecule has 1 heterocycles. The maximum Gasteiger partial charge on any atom is 0.281 e. The highest BCUT2D eigenvalue weighted by molar-refractivity contribution is 7.87. The van der Waals surface area contributed by atoms with Crippen LogP contribution in [0.4, 0.5) is 0 Å². The summed E-state index contributed by atoms with van der Waals surface area (Å²) in [5, 5.41) is 0. The summed E-state index contributed by atoms with van der Waals surface area (Å²) in [5.74, 6) is -0.482. The standard InChI is InChI=1S/C6H13N3O3S/c1-8-4-5-9(13(8,11)12)3-2-6(7)10/h2-5H2,1H3,(H2,7,10). The third-order valence-corrected chi connectivity index (χ3v) is 3.98. The Hall–Kier alpha value is -0.660. The van der Waals surface area contributed by atoms with Gasteiger partial charge in [0.25, 0.3) is 10.2 Å². The SMILES string of the molecule is CN1CCN(CCC(N)=O)S1(=O)=O. The maximum absolute atomic E-state index is 11.4. The quantitative estimate of drug-likeness (QED) is 0.602. The second-order valence-electron chi connectivity index (χ2n) is 2.94. The van der Waals surface area contributed by atoms with Gasteiger partial charge in [-0.2, -0.15) is 17.0 Å². The average molecular weight is 207 g/mol. The molecule has 76 valence electrons. The Labute approximate surface area is 77.5 Å². The van der Waals surface area contributed by atoms with Crippen LogP contribution in [0.5, 0.6) is 0 Å². The maximum atomic E-state index is 11.4. The molecule has 1 rings (SSSR count). The highest BCUT2D eigenvalue weighted by Crippen LogP contribution is 2.13. The minimum Gasteiger partial charge on any atom is -0.370 e. The Balaban J connectivity index is 2.58. The van der Waals surface area contributed by atoms with Gasteiger partial charge in [-0.3, -0.25) is 4.79 Å². The van der Waals surface area contributed by atoms with E-state index in [2.05, 4.69) is 0 Å². The molecule has 0 aromatic carbocycles. The van der Waals surface area contributed by atoms with Crippen molar-refractivity contribution in [1.82, 2.24) is 8.61 Å². The molecule has 0 aromatic rings. The summed E-state index contributed by atoms with van der Waals surface area (Å²) >= 11 is 0. The van der Waals surface area contributed by atoms with E-state index < -0.39 is 16.1 Å². The number of hydrogen-bond acceptors (Lipinski definition) is 3. The van der Waals surface area contributed by atoms with E-state index in [1.165, 1.54) is 15.7 Å². The molecule has 0 aliphatic carbocycles. The van der Waals surface area contributed by atoms with Crippen LogP contribution in [0.1, 0.15) is 6.42 Å². The first-order valence-corrected chi connectivity index (χ1v) is 5.34. The topological polar surface area (TPSA) is 83.7 Å². The lowest BCUT2D eigenvalue weighted by Crippen LogP contribution is -2.33. The minimum atomic E-state index is -3.30. The molecule has 0 radical (unpaired) electrons. The van der Waals surface area contributed by atoms with Gasteiger partial charge in [-0.15, -0.1) is 0 Å². The molecule has 1 fully saturated rings. The normalized spacial score (nSPS) is 23.5. The van der Waals surface area contributed by atoms with Crippen molar-refractivity contribution in [2.45, 2.75) is 6.42 Å². The van der Waals surface area contributed by atoms with Gasteiger partial charge >= 0.3 is 0 Å². The van der Waals surface area contributed by atoms with Crippen LogP contribution in [0.25, 0.3) is 0 Å². The summed E-state index contributed by atoms with van der Waals surface area (Å²) in [6, 6.07) is 0. The molecule has 0 atom stereocenters. The summed E-state index contributed by atoms with van der Waals surface area (Å²) in [5.41, 5.74) is 4.92. The van der Waals surface area contributed by atoms with Gasteiger partial charge < -0.3 is 5.73 Å². The Bertz CT molecular complexity index is 300. The van der Waals surface area contributed by atoms with Crippen molar-refractivity contribution in [3.05, 3.63) is 0 Å². The molecular formula is C6H13N3O3S. The van der Waals surface area contributed by atoms with Crippen LogP contribution in [0.3, 0.4) is 0 Å². The van der Waals surface area contributed by atoms with Crippen LogP contribution in [0, 0.1) is 0 Å². The first-order chi connectivity index (χ1) is 5.94. The summed E-state index contributed by atoms with van der Waals surface area (Å²) in [6.45, 7) is 1.09. The van der Waals surface area contributed by atoms with Crippen LogP contribution in [0.15, 0.2) is 0 Å². The predicted molar refractivity (Wildman–Crippen MR) is 46.9 cm³/mol. The Morgan fingerprint density at radius 2 is 2.08 bits per heavy atom. The fraction of sp³-hybridized carbons (Fsp3) is 0.833. The number of amides is 1. The molecule has 1 amide bonds. The number of carbonyl (C=O) groups excluding carboxylic acids is 1. The van der Waals surface area contributed by atoms with E-state index in [4.69, 9.17) is 5.73 Å². The van der Waals surface area contributed by atoms with Crippen molar-refractivity contribution in [2.24, 2.45) is 5.73 Å². The summed E-state index contributed by atoms with van der Waals surface area (Å²) in [7, 11) is -1.79. The van der Waals surface area contributed by atoms with E-state index in [-0.39, 0.29) is 13.0 Å². The molecule has 0 bridgehead atoms. The number of hydrogen-bond donors (Lipinski definition) is 1. The van der Waals surface area contributed by atoms with Crippen molar-refractivity contribution in [1.29, 1.82) is 0 Å². The number of nitrogens with zero attached hydrogens (tertiary/aromatic N) is 2. The number of likely N-dealkylation sites (N-methyl/N-ethyl adjacent to an activating group) is 1. The van der Waals surface area contributed by atoms with Gasteiger partial charge in [-0.25, -0.2) is 0 Å². The van der Waals surface area contributed by atoms with Crippen molar-refractivity contribution in [3.63, 3.8) is 0 Å². The van der Waals surface area contributed by atoms with Gasteiger partial charge in [0.1, 0.15) is 0 Å². The smallest absolute Gasteiger partial charge is 0.281 e. The number of rotatable bonds is 3. The van der Waals surface area contributed by atoms with Crippen LogP contribution >= 0.6 is 0 Å². The number of primary amides is 1. The molecule has 6 nitrogen and oxygen atoms in total. The third kappa shape index (κ3) is 2.17. The first-order valence-electron chi connectivity index (χ1n) is 3.94. The fourth-order valence-corrected chi connectivity index (χ4v) is 2.48. The monoisotopic (exact) mass is 207 g/mol. The third-order valence-electron chi connectivity index (χ3n) is 1.99. The van der Waals surface area contributed by atoms with E-state index in [1.54, 1.807) is 0 Å². The van der Waals surface area contributed by atoms with Gasteiger partial charge in [-0.05, 0) is 0 Å². The minimum absolute atomic E-state index is 0.0765. The fourth-order valence-electron chi connectivity index (χ4n) is 1.14. The molecule has 1 aliphatic heterocycles. The van der Waals surface area contributed by atoms with Crippen LogP contribution in [0.2, 0.25) is 0 Å². The van der Waals surface area contributed by atoms with Gasteiger partial charge in [0.2, 0.25) is 5.91 Å². The number of carbonyl (C=O) groups is 1. The zero-order valence-corrected chi connectivity index (χ0v) is 8.25. The van der Waals surface area contributed by atoms with Crippen molar-refractivity contribution >= 4 is 16.1 Å². The molecule has 0 unspecified atom stereocenters. The van der Waals surface area contributed by atoms with E-state index in [0.29, 0.717) is 13.1 Å². The second kappa shape index (κ2) is 3.60. The molecule has 0 aromatic heterocycles. The Morgan fingerprint density at radius 3 is 2.46 bits per heavy atom.